The van der Waals surface area contributed by atoms with Crippen LogP contribution in [0.2, 0.25) is 0 Å². The van der Waals surface area contributed by atoms with Gasteiger partial charge in [-0.05, 0) is 55.7 Å². The van der Waals surface area contributed by atoms with Crippen LogP contribution in [-0.2, 0) is 9.84 Å². The highest BCUT2D eigenvalue weighted by atomic mass is 32.2. The third-order valence-electron chi connectivity index (χ3n) is 4.37. The van der Waals surface area contributed by atoms with E-state index in [1.54, 1.807) is 18.3 Å². The molecule has 7 heteroatoms. The predicted octanol–water partition coefficient (Wildman–Crippen LogP) is 2.36. The Morgan fingerprint density at radius 2 is 1.96 bits per heavy atom. The van der Waals surface area contributed by atoms with Crippen LogP contribution in [0.25, 0.3) is 0 Å². The van der Waals surface area contributed by atoms with Gasteiger partial charge in [0.1, 0.15) is 5.82 Å². The van der Waals surface area contributed by atoms with Crippen molar-refractivity contribution < 1.29 is 13.2 Å². The highest BCUT2D eigenvalue weighted by molar-refractivity contribution is 7.91. The molecule has 0 saturated carbocycles. The number of anilines is 2. The maximum absolute atomic E-state index is 12.4. The molecule has 0 bridgehead atoms. The normalized spacial score (nSPS) is 18.7. The molecule has 1 fully saturated rings. The number of nitrogens with zero attached hydrogens (tertiary/aromatic N) is 1. The zero-order valence-electron chi connectivity index (χ0n) is 14.2. The van der Waals surface area contributed by atoms with E-state index in [9.17, 15) is 13.2 Å². The number of hydrogen-bond acceptors (Lipinski definition) is 5. The van der Waals surface area contributed by atoms with Gasteiger partial charge in [-0.2, -0.15) is 0 Å². The molecule has 1 saturated heterocycles. The molecule has 0 spiro atoms. The Bertz CT molecular complexity index is 910. The molecule has 1 unspecified atom stereocenters. The first kappa shape index (κ1) is 17.4. The summed E-state index contributed by atoms with van der Waals surface area (Å²) < 4.78 is 23.0. The number of pyridine rings is 1. The van der Waals surface area contributed by atoms with Crippen LogP contribution in [0.4, 0.5) is 11.5 Å². The minimum atomic E-state index is -3.02. The Labute approximate surface area is 147 Å². The summed E-state index contributed by atoms with van der Waals surface area (Å²) in [5.74, 6) is 0.424. The summed E-state index contributed by atoms with van der Waals surface area (Å²) in [4.78, 5) is 16.6. The van der Waals surface area contributed by atoms with Crippen LogP contribution in [0.15, 0.2) is 36.5 Å². The summed E-state index contributed by atoms with van der Waals surface area (Å²) in [5, 5.41) is 5.97. The molecule has 0 aliphatic carbocycles. The van der Waals surface area contributed by atoms with Crippen molar-refractivity contribution in [1.82, 2.24) is 10.3 Å². The molecule has 1 atom stereocenters. The molecule has 2 N–H and O–H groups in total. The molecule has 2 aromatic rings. The van der Waals surface area contributed by atoms with Crippen molar-refractivity contribution in [2.45, 2.75) is 26.3 Å². The number of aromatic nitrogens is 1. The van der Waals surface area contributed by atoms with Crippen LogP contribution in [0.3, 0.4) is 0 Å². The molecule has 1 aliphatic heterocycles. The van der Waals surface area contributed by atoms with Gasteiger partial charge in [0.2, 0.25) is 0 Å². The summed E-state index contributed by atoms with van der Waals surface area (Å²) in [7, 11) is -3.02. The van der Waals surface area contributed by atoms with E-state index in [1.807, 2.05) is 32.0 Å². The highest BCUT2D eigenvalue weighted by Gasteiger charge is 2.29. The van der Waals surface area contributed by atoms with Crippen LogP contribution in [0, 0.1) is 13.8 Å². The van der Waals surface area contributed by atoms with E-state index in [4.69, 9.17) is 0 Å². The van der Waals surface area contributed by atoms with Crippen LogP contribution in [0.1, 0.15) is 27.9 Å². The molecule has 132 valence electrons. The van der Waals surface area contributed by atoms with Gasteiger partial charge in [0.25, 0.3) is 5.91 Å². The fourth-order valence-electron chi connectivity index (χ4n) is 2.78. The van der Waals surface area contributed by atoms with Crippen LogP contribution in [0.5, 0.6) is 0 Å². The number of hydrogen-bond donors (Lipinski definition) is 2. The molecule has 1 aliphatic rings. The molecular formula is C18H21N3O3S. The smallest absolute Gasteiger partial charge is 0.251 e. The average molecular weight is 359 g/mol. The van der Waals surface area contributed by atoms with Crippen molar-refractivity contribution in [1.29, 1.82) is 0 Å². The lowest BCUT2D eigenvalue weighted by atomic mass is 10.1. The number of carbonyl (C=O) groups excluding carboxylic acids is 1. The second-order valence-corrected chi connectivity index (χ2v) is 8.66. The molecule has 0 radical (unpaired) electrons. The maximum atomic E-state index is 12.4. The molecule has 1 amide bonds. The van der Waals surface area contributed by atoms with E-state index >= 15 is 0 Å². The Kier molecular flexibility index (Phi) is 4.76. The standard InChI is InChI=1S/C18H21N3O3S/c1-12-3-4-15(9-13(12)2)20-17-10-14(5-7-19-17)18(22)21-16-6-8-25(23,24)11-16/h3-5,7,9-10,16H,6,8,11H2,1-2H3,(H,19,20)(H,21,22). The second kappa shape index (κ2) is 6.84. The van der Waals surface area contributed by atoms with E-state index in [1.165, 1.54) is 11.1 Å². The fraction of sp³-hybridized carbons (Fsp3) is 0.333. The third kappa shape index (κ3) is 4.36. The van der Waals surface area contributed by atoms with Crippen LogP contribution in [-0.4, -0.2) is 36.9 Å². The quantitative estimate of drug-likeness (QED) is 0.875. The van der Waals surface area contributed by atoms with Gasteiger partial charge in [0.05, 0.1) is 11.5 Å². The molecule has 1 aromatic heterocycles. The molecule has 25 heavy (non-hydrogen) atoms. The predicted molar refractivity (Wildman–Crippen MR) is 98.0 cm³/mol. The minimum absolute atomic E-state index is 0.0115. The van der Waals surface area contributed by atoms with Crippen LogP contribution < -0.4 is 10.6 Å². The van der Waals surface area contributed by atoms with Crippen molar-refractivity contribution >= 4 is 27.2 Å². The number of carbonyl (C=O) groups is 1. The zero-order valence-corrected chi connectivity index (χ0v) is 15.1. The Morgan fingerprint density at radius 3 is 2.64 bits per heavy atom. The van der Waals surface area contributed by atoms with Crippen molar-refractivity contribution in [2.24, 2.45) is 0 Å². The Hall–Kier alpha value is -2.41. The van der Waals surface area contributed by atoms with Gasteiger partial charge in [-0.3, -0.25) is 4.79 Å². The summed E-state index contributed by atoms with van der Waals surface area (Å²) in [6.07, 6.45) is 2.02. The number of aryl methyl sites for hydroxylation is 2. The first-order chi connectivity index (χ1) is 11.8. The molecule has 3 rings (SSSR count). The second-order valence-electron chi connectivity index (χ2n) is 6.43. The summed E-state index contributed by atoms with van der Waals surface area (Å²) in [6, 6.07) is 8.96. The molecular weight excluding hydrogens is 338 g/mol. The fourth-order valence-corrected chi connectivity index (χ4v) is 4.46. The number of amides is 1. The van der Waals surface area contributed by atoms with Gasteiger partial charge in [-0.25, -0.2) is 13.4 Å². The largest absolute Gasteiger partial charge is 0.348 e. The Morgan fingerprint density at radius 1 is 1.16 bits per heavy atom. The third-order valence-corrected chi connectivity index (χ3v) is 6.14. The van der Waals surface area contributed by atoms with Gasteiger partial charge < -0.3 is 10.6 Å². The Balaban J connectivity index is 1.70. The lowest BCUT2D eigenvalue weighted by molar-refractivity contribution is 0.0941. The van der Waals surface area contributed by atoms with E-state index < -0.39 is 9.84 Å². The molecule has 2 heterocycles. The summed E-state index contributed by atoms with van der Waals surface area (Å²) >= 11 is 0. The maximum Gasteiger partial charge on any atom is 0.251 e. The highest BCUT2D eigenvalue weighted by Crippen LogP contribution is 2.19. The SMILES string of the molecule is Cc1ccc(Nc2cc(C(=O)NC3CCS(=O)(=O)C3)ccn2)cc1C. The van der Waals surface area contributed by atoms with Crippen molar-refractivity contribution in [2.75, 3.05) is 16.8 Å². The summed E-state index contributed by atoms with van der Waals surface area (Å²) in [5.41, 5.74) is 3.72. The van der Waals surface area contributed by atoms with Gasteiger partial charge in [0.15, 0.2) is 9.84 Å². The minimum Gasteiger partial charge on any atom is -0.348 e. The summed E-state index contributed by atoms with van der Waals surface area (Å²) in [6.45, 7) is 4.08. The average Bonchev–Trinajstić information content (AvgIpc) is 2.90. The van der Waals surface area contributed by atoms with Crippen molar-refractivity contribution in [3.63, 3.8) is 0 Å². The van der Waals surface area contributed by atoms with Crippen LogP contribution >= 0.6 is 0 Å². The lowest BCUT2D eigenvalue weighted by Gasteiger charge is -2.12. The van der Waals surface area contributed by atoms with Gasteiger partial charge >= 0.3 is 0 Å². The van der Waals surface area contributed by atoms with Gasteiger partial charge in [-0.1, -0.05) is 6.07 Å². The van der Waals surface area contributed by atoms with Crippen molar-refractivity contribution in [3.8, 4) is 0 Å². The van der Waals surface area contributed by atoms with E-state index in [2.05, 4.69) is 15.6 Å². The number of rotatable bonds is 4. The number of sulfone groups is 1. The monoisotopic (exact) mass is 359 g/mol. The van der Waals surface area contributed by atoms with E-state index in [0.717, 1.165) is 5.69 Å². The zero-order chi connectivity index (χ0) is 18.0. The topological polar surface area (TPSA) is 88.2 Å². The lowest BCUT2D eigenvalue weighted by Crippen LogP contribution is -2.35. The number of nitrogens with one attached hydrogen (secondary N) is 2. The van der Waals surface area contributed by atoms with E-state index in [0.29, 0.717) is 17.8 Å². The first-order valence-corrected chi connectivity index (χ1v) is 9.96. The van der Waals surface area contributed by atoms with E-state index in [-0.39, 0.29) is 23.5 Å². The molecule has 6 nitrogen and oxygen atoms in total. The van der Waals surface area contributed by atoms with Gasteiger partial charge in [-0.15, -0.1) is 0 Å². The number of benzene rings is 1. The first-order valence-electron chi connectivity index (χ1n) is 8.14. The van der Waals surface area contributed by atoms with Crippen molar-refractivity contribution in [3.05, 3.63) is 53.2 Å². The molecule has 1 aromatic carbocycles. The van der Waals surface area contributed by atoms with Gasteiger partial charge in [0, 0.05) is 23.5 Å².